The molecule has 0 radical (unpaired) electrons. The Morgan fingerprint density at radius 1 is 1.42 bits per heavy atom. The summed E-state index contributed by atoms with van der Waals surface area (Å²) in [7, 11) is 0. The van der Waals surface area contributed by atoms with Gasteiger partial charge in [-0.2, -0.15) is 0 Å². The number of piperidine rings is 1. The van der Waals surface area contributed by atoms with E-state index in [1.54, 1.807) is 4.90 Å². The molecule has 1 rings (SSSR count). The summed E-state index contributed by atoms with van der Waals surface area (Å²) < 4.78 is 0. The number of nitrogens with one attached hydrogen (secondary N) is 1. The number of aliphatic hydroxyl groups excluding tert-OH is 1. The smallest absolute Gasteiger partial charge is 0.232 e. The van der Waals surface area contributed by atoms with Gasteiger partial charge in [0.15, 0.2) is 5.84 Å². The Labute approximate surface area is 71.6 Å². The minimum Gasteiger partial charge on any atom is -0.361 e. The van der Waals surface area contributed by atoms with Crippen molar-refractivity contribution in [2.45, 2.75) is 25.6 Å². The topological polar surface area (TPSA) is 82.6 Å². The largest absolute Gasteiger partial charge is 0.361 e. The third-order valence-electron chi connectivity index (χ3n) is 2.06. The van der Waals surface area contributed by atoms with E-state index in [9.17, 15) is 0 Å². The summed E-state index contributed by atoms with van der Waals surface area (Å²) in [6.07, 6.45) is 2.06. The Kier molecular flexibility index (Phi) is 3.46. The quantitative estimate of drug-likeness (QED) is 0.231. The lowest BCUT2D eigenvalue weighted by molar-refractivity contribution is -0.0599. The van der Waals surface area contributed by atoms with Crippen molar-refractivity contribution < 1.29 is 9.94 Å². The van der Waals surface area contributed by atoms with Crippen LogP contribution >= 0.6 is 0 Å². The van der Waals surface area contributed by atoms with Crippen LogP contribution in [-0.2, 0) is 4.84 Å². The van der Waals surface area contributed by atoms with Crippen molar-refractivity contribution in [2.24, 2.45) is 5.90 Å². The molecule has 1 atom stereocenters. The third kappa shape index (κ3) is 2.17. The molecule has 0 aromatic heterocycles. The van der Waals surface area contributed by atoms with Crippen molar-refractivity contribution in [1.82, 2.24) is 4.90 Å². The van der Waals surface area contributed by atoms with E-state index in [4.69, 9.17) is 16.4 Å². The molecular formula is C7H15N3O2. The molecule has 0 aromatic carbocycles. The van der Waals surface area contributed by atoms with E-state index in [-0.39, 0.29) is 5.84 Å². The number of hydrogen-bond donors (Lipinski definition) is 3. The van der Waals surface area contributed by atoms with Crippen molar-refractivity contribution in [3.8, 4) is 0 Å². The van der Waals surface area contributed by atoms with E-state index in [1.165, 1.54) is 6.42 Å². The second-order valence-electron chi connectivity index (χ2n) is 2.92. The average Bonchev–Trinajstić information content (AvgIpc) is 2.17. The van der Waals surface area contributed by atoms with Crippen molar-refractivity contribution >= 4 is 5.84 Å². The summed E-state index contributed by atoms with van der Waals surface area (Å²) in [5.41, 5.74) is 0. The van der Waals surface area contributed by atoms with Crippen LogP contribution in [0.3, 0.4) is 0 Å². The molecular weight excluding hydrogens is 158 g/mol. The molecule has 1 aliphatic rings. The van der Waals surface area contributed by atoms with E-state index < -0.39 is 6.29 Å². The van der Waals surface area contributed by atoms with E-state index in [0.717, 1.165) is 25.9 Å². The first-order valence-electron chi connectivity index (χ1n) is 4.12. The summed E-state index contributed by atoms with van der Waals surface area (Å²) in [5, 5.41) is 16.5. The lowest BCUT2D eigenvalue weighted by Crippen LogP contribution is -2.43. The highest BCUT2D eigenvalue weighted by Gasteiger charge is 2.19. The Hall–Kier alpha value is -0.650. The predicted molar refractivity (Wildman–Crippen MR) is 44.4 cm³/mol. The minimum atomic E-state index is -1.27. The highest BCUT2D eigenvalue weighted by Crippen LogP contribution is 2.09. The van der Waals surface area contributed by atoms with Crippen molar-refractivity contribution in [1.29, 1.82) is 5.41 Å². The van der Waals surface area contributed by atoms with E-state index in [1.807, 2.05) is 0 Å². The van der Waals surface area contributed by atoms with Crippen LogP contribution in [0.25, 0.3) is 0 Å². The van der Waals surface area contributed by atoms with Gasteiger partial charge < -0.3 is 10.0 Å². The average molecular weight is 173 g/mol. The zero-order valence-corrected chi connectivity index (χ0v) is 6.99. The van der Waals surface area contributed by atoms with E-state index in [2.05, 4.69) is 4.84 Å². The molecule has 0 aromatic rings. The number of hydrogen-bond acceptors (Lipinski definition) is 4. The molecule has 5 nitrogen and oxygen atoms in total. The second kappa shape index (κ2) is 4.39. The van der Waals surface area contributed by atoms with Gasteiger partial charge in [0.1, 0.15) is 0 Å². The van der Waals surface area contributed by atoms with Gasteiger partial charge in [0, 0.05) is 13.1 Å². The maximum absolute atomic E-state index is 9.07. The molecule has 0 spiro atoms. The summed E-state index contributed by atoms with van der Waals surface area (Å²) >= 11 is 0. The van der Waals surface area contributed by atoms with Crippen molar-refractivity contribution in [2.75, 3.05) is 13.1 Å². The number of rotatable bonds is 2. The molecule has 1 heterocycles. The molecule has 0 saturated carbocycles. The third-order valence-corrected chi connectivity index (χ3v) is 2.06. The van der Waals surface area contributed by atoms with Crippen LogP contribution in [0, 0.1) is 5.41 Å². The SMILES string of the molecule is N=C(C(O)ON)N1CCCCC1. The molecule has 1 saturated heterocycles. The molecule has 0 aliphatic carbocycles. The van der Waals surface area contributed by atoms with Crippen LogP contribution in [0.1, 0.15) is 19.3 Å². The minimum absolute atomic E-state index is 0.0669. The number of aliphatic hydroxyl groups is 1. The van der Waals surface area contributed by atoms with Crippen LogP contribution in [0.4, 0.5) is 0 Å². The Bertz CT molecular complexity index is 157. The van der Waals surface area contributed by atoms with Gasteiger partial charge in [-0.15, -0.1) is 0 Å². The Balaban J connectivity index is 2.39. The maximum Gasteiger partial charge on any atom is 0.232 e. The fraction of sp³-hybridized carbons (Fsp3) is 0.857. The van der Waals surface area contributed by atoms with Crippen LogP contribution < -0.4 is 5.90 Å². The van der Waals surface area contributed by atoms with E-state index in [0.29, 0.717) is 0 Å². The van der Waals surface area contributed by atoms with Gasteiger partial charge in [0.25, 0.3) is 0 Å². The number of nitrogens with zero attached hydrogens (tertiary/aromatic N) is 1. The first-order chi connectivity index (χ1) is 5.75. The second-order valence-corrected chi connectivity index (χ2v) is 2.92. The van der Waals surface area contributed by atoms with Gasteiger partial charge in [-0.3, -0.25) is 10.2 Å². The van der Waals surface area contributed by atoms with Crippen LogP contribution in [0.2, 0.25) is 0 Å². The summed E-state index contributed by atoms with van der Waals surface area (Å²) in [6.45, 7) is 1.64. The standard InChI is InChI=1S/C7H15N3O2/c8-6(7(11)12-9)10-4-2-1-3-5-10/h7-8,11H,1-5,9H2. The van der Waals surface area contributed by atoms with Crippen molar-refractivity contribution in [3.05, 3.63) is 0 Å². The fourth-order valence-electron chi connectivity index (χ4n) is 1.36. The first-order valence-corrected chi connectivity index (χ1v) is 4.12. The summed E-state index contributed by atoms with van der Waals surface area (Å²) in [4.78, 5) is 5.95. The normalized spacial score (nSPS) is 20.7. The summed E-state index contributed by atoms with van der Waals surface area (Å²) in [5.74, 6) is 4.83. The molecule has 1 unspecified atom stereocenters. The molecule has 4 N–H and O–H groups in total. The van der Waals surface area contributed by atoms with Crippen LogP contribution in [0.15, 0.2) is 0 Å². The highest BCUT2D eigenvalue weighted by molar-refractivity contribution is 5.82. The lowest BCUT2D eigenvalue weighted by Gasteiger charge is -2.30. The fourth-order valence-corrected chi connectivity index (χ4v) is 1.36. The van der Waals surface area contributed by atoms with Crippen LogP contribution in [-0.4, -0.2) is 35.2 Å². The molecule has 0 amide bonds. The Morgan fingerprint density at radius 2 is 2.00 bits per heavy atom. The molecule has 12 heavy (non-hydrogen) atoms. The van der Waals surface area contributed by atoms with Gasteiger partial charge in [0.2, 0.25) is 6.29 Å². The molecule has 5 heteroatoms. The van der Waals surface area contributed by atoms with Crippen LogP contribution in [0.5, 0.6) is 0 Å². The van der Waals surface area contributed by atoms with Crippen molar-refractivity contribution in [3.63, 3.8) is 0 Å². The predicted octanol–water partition coefficient (Wildman–Crippen LogP) is -0.342. The highest BCUT2D eigenvalue weighted by atomic mass is 16.7. The first kappa shape index (κ1) is 9.44. The van der Waals surface area contributed by atoms with Gasteiger partial charge in [-0.25, -0.2) is 5.90 Å². The number of nitrogens with two attached hydrogens (primary N) is 1. The molecule has 0 bridgehead atoms. The number of likely N-dealkylation sites (tertiary alicyclic amines) is 1. The summed E-state index contributed by atoms with van der Waals surface area (Å²) in [6, 6.07) is 0. The maximum atomic E-state index is 9.07. The Morgan fingerprint density at radius 3 is 2.50 bits per heavy atom. The monoisotopic (exact) mass is 173 g/mol. The molecule has 70 valence electrons. The van der Waals surface area contributed by atoms with E-state index >= 15 is 0 Å². The van der Waals surface area contributed by atoms with Gasteiger partial charge in [-0.05, 0) is 19.3 Å². The van der Waals surface area contributed by atoms with Gasteiger partial charge in [-0.1, -0.05) is 0 Å². The molecule has 1 aliphatic heterocycles. The zero-order chi connectivity index (χ0) is 8.97. The molecule has 1 fully saturated rings. The zero-order valence-electron chi connectivity index (χ0n) is 6.99. The van der Waals surface area contributed by atoms with Gasteiger partial charge in [0.05, 0.1) is 0 Å². The van der Waals surface area contributed by atoms with Gasteiger partial charge >= 0.3 is 0 Å². The number of amidine groups is 1. The lowest BCUT2D eigenvalue weighted by atomic mass is 10.1.